The molecular formula is C19H26N2O3. The number of carbonyl (C=O) groups excluding carboxylic acids is 3. The molecule has 0 aliphatic heterocycles. The summed E-state index contributed by atoms with van der Waals surface area (Å²) < 4.78 is 0. The predicted molar refractivity (Wildman–Crippen MR) is 94.0 cm³/mol. The molecule has 130 valence electrons. The summed E-state index contributed by atoms with van der Waals surface area (Å²) >= 11 is 0. The Morgan fingerprint density at radius 2 is 1.88 bits per heavy atom. The van der Waals surface area contributed by atoms with Crippen LogP contribution >= 0.6 is 0 Å². The van der Waals surface area contributed by atoms with E-state index >= 15 is 0 Å². The van der Waals surface area contributed by atoms with Gasteiger partial charge in [-0.2, -0.15) is 0 Å². The monoisotopic (exact) mass is 330 g/mol. The molecule has 0 saturated heterocycles. The summed E-state index contributed by atoms with van der Waals surface area (Å²) in [5, 5.41) is 5.75. The number of ketones is 1. The van der Waals surface area contributed by atoms with Crippen molar-refractivity contribution < 1.29 is 14.4 Å². The zero-order chi connectivity index (χ0) is 17.7. The van der Waals surface area contributed by atoms with Crippen LogP contribution in [0.2, 0.25) is 0 Å². The fourth-order valence-corrected chi connectivity index (χ4v) is 3.23. The average Bonchev–Trinajstić information content (AvgIpc) is 3.00. The minimum atomic E-state index is -0.198. The minimum absolute atomic E-state index is 0.00799. The van der Waals surface area contributed by atoms with E-state index in [9.17, 15) is 14.4 Å². The van der Waals surface area contributed by atoms with E-state index in [1.165, 1.54) is 6.92 Å². The van der Waals surface area contributed by atoms with Gasteiger partial charge in [0, 0.05) is 29.6 Å². The number of aryl methyl sites for hydroxylation is 1. The smallest absolute Gasteiger partial charge is 0.226 e. The van der Waals surface area contributed by atoms with Crippen LogP contribution in [-0.4, -0.2) is 23.6 Å². The highest BCUT2D eigenvalue weighted by Gasteiger charge is 2.24. The van der Waals surface area contributed by atoms with Crippen LogP contribution in [0.5, 0.6) is 0 Å². The van der Waals surface area contributed by atoms with Crippen molar-refractivity contribution >= 4 is 23.3 Å². The van der Waals surface area contributed by atoms with Crippen molar-refractivity contribution in [2.75, 3.05) is 5.32 Å². The van der Waals surface area contributed by atoms with Crippen LogP contribution < -0.4 is 10.6 Å². The summed E-state index contributed by atoms with van der Waals surface area (Å²) in [5.74, 6) is 0.0320. The second-order valence-electron chi connectivity index (χ2n) is 6.73. The number of nitrogens with one attached hydrogen (secondary N) is 2. The Morgan fingerprint density at radius 3 is 2.46 bits per heavy atom. The second-order valence-corrected chi connectivity index (χ2v) is 6.73. The number of Topliss-reactive ketones (excluding diaryl/α,β-unsaturated/α-hetero) is 1. The van der Waals surface area contributed by atoms with E-state index in [-0.39, 0.29) is 36.0 Å². The molecule has 1 aliphatic carbocycles. The third kappa shape index (κ3) is 4.91. The van der Waals surface area contributed by atoms with E-state index < -0.39 is 0 Å². The van der Waals surface area contributed by atoms with E-state index in [1.54, 1.807) is 18.2 Å². The van der Waals surface area contributed by atoms with Crippen LogP contribution in [0.4, 0.5) is 5.69 Å². The minimum Gasteiger partial charge on any atom is -0.353 e. The van der Waals surface area contributed by atoms with Gasteiger partial charge in [-0.15, -0.1) is 0 Å². The van der Waals surface area contributed by atoms with Crippen LogP contribution in [-0.2, 0) is 9.59 Å². The van der Waals surface area contributed by atoms with Gasteiger partial charge in [0.25, 0.3) is 0 Å². The predicted octanol–water partition coefficient (Wildman–Crippen LogP) is 3.22. The number of hydrogen-bond acceptors (Lipinski definition) is 3. The highest BCUT2D eigenvalue weighted by Crippen LogP contribution is 2.24. The zero-order valence-electron chi connectivity index (χ0n) is 14.6. The van der Waals surface area contributed by atoms with Crippen LogP contribution in [0.15, 0.2) is 18.2 Å². The maximum absolute atomic E-state index is 12.1. The van der Waals surface area contributed by atoms with E-state index in [4.69, 9.17) is 0 Å². The van der Waals surface area contributed by atoms with Crippen molar-refractivity contribution in [2.45, 2.75) is 58.9 Å². The normalized spacial score (nSPS) is 15.8. The lowest BCUT2D eigenvalue weighted by molar-refractivity contribution is -0.125. The summed E-state index contributed by atoms with van der Waals surface area (Å²) in [5.41, 5.74) is 2.16. The van der Waals surface area contributed by atoms with Crippen LogP contribution in [0, 0.1) is 12.8 Å². The Morgan fingerprint density at radius 1 is 1.21 bits per heavy atom. The molecule has 0 heterocycles. The first kappa shape index (κ1) is 18.2. The van der Waals surface area contributed by atoms with Gasteiger partial charge in [-0.25, -0.2) is 0 Å². The van der Waals surface area contributed by atoms with Gasteiger partial charge in [-0.3, -0.25) is 14.4 Å². The van der Waals surface area contributed by atoms with Gasteiger partial charge >= 0.3 is 0 Å². The first-order chi connectivity index (χ1) is 11.4. The molecule has 1 aromatic rings. The van der Waals surface area contributed by atoms with Gasteiger partial charge in [-0.05, 0) is 57.4 Å². The molecule has 0 radical (unpaired) electrons. The van der Waals surface area contributed by atoms with Crippen LogP contribution in [0.1, 0.15) is 61.9 Å². The van der Waals surface area contributed by atoms with Crippen molar-refractivity contribution in [1.29, 1.82) is 0 Å². The van der Waals surface area contributed by atoms with Gasteiger partial charge in [0.05, 0.1) is 0 Å². The van der Waals surface area contributed by atoms with Gasteiger partial charge in [0.1, 0.15) is 0 Å². The maximum Gasteiger partial charge on any atom is 0.226 e. The van der Waals surface area contributed by atoms with Gasteiger partial charge in [0.15, 0.2) is 5.78 Å². The number of amides is 2. The molecule has 1 fully saturated rings. The van der Waals surface area contributed by atoms with E-state index in [2.05, 4.69) is 10.6 Å². The topological polar surface area (TPSA) is 75.3 Å². The number of carbonyl (C=O) groups is 3. The standard InChI is InChI=1S/C19H26N2O3/c1-12-10-16(8-9-17(12)14(3)22)21-18(23)11-13(2)20-19(24)15-6-4-5-7-15/h8-10,13,15H,4-7,11H2,1-3H3,(H,20,24)(H,21,23)/t13-/m1/s1. The first-order valence-electron chi connectivity index (χ1n) is 8.58. The lowest BCUT2D eigenvalue weighted by Gasteiger charge is -2.17. The zero-order valence-corrected chi connectivity index (χ0v) is 14.6. The lowest BCUT2D eigenvalue weighted by atomic mass is 10.0. The maximum atomic E-state index is 12.1. The number of hydrogen-bond donors (Lipinski definition) is 2. The molecule has 0 aromatic heterocycles. The molecule has 5 nitrogen and oxygen atoms in total. The van der Waals surface area contributed by atoms with E-state index in [1.807, 2.05) is 13.8 Å². The molecule has 1 saturated carbocycles. The van der Waals surface area contributed by atoms with Crippen molar-refractivity contribution in [3.8, 4) is 0 Å². The third-order valence-corrected chi connectivity index (χ3v) is 4.50. The summed E-state index contributed by atoms with van der Waals surface area (Å²) in [7, 11) is 0. The Labute approximate surface area is 143 Å². The fourth-order valence-electron chi connectivity index (χ4n) is 3.23. The Kier molecular flexibility index (Phi) is 6.12. The Hall–Kier alpha value is -2.17. The van der Waals surface area contributed by atoms with E-state index in [0.29, 0.717) is 11.3 Å². The third-order valence-electron chi connectivity index (χ3n) is 4.50. The molecule has 5 heteroatoms. The number of anilines is 1. The molecular weight excluding hydrogens is 304 g/mol. The second kappa shape index (κ2) is 8.08. The van der Waals surface area contributed by atoms with Crippen molar-refractivity contribution in [3.05, 3.63) is 29.3 Å². The number of rotatable bonds is 6. The number of benzene rings is 1. The molecule has 1 atom stereocenters. The first-order valence-corrected chi connectivity index (χ1v) is 8.58. The summed E-state index contributed by atoms with van der Waals surface area (Å²) in [6.07, 6.45) is 4.36. The van der Waals surface area contributed by atoms with Crippen LogP contribution in [0.3, 0.4) is 0 Å². The molecule has 2 rings (SSSR count). The summed E-state index contributed by atoms with van der Waals surface area (Å²) in [6, 6.07) is 5.04. The molecule has 0 bridgehead atoms. The highest BCUT2D eigenvalue weighted by atomic mass is 16.2. The lowest BCUT2D eigenvalue weighted by Crippen LogP contribution is -2.38. The highest BCUT2D eigenvalue weighted by molar-refractivity contribution is 5.97. The Balaban J connectivity index is 1.85. The molecule has 24 heavy (non-hydrogen) atoms. The summed E-state index contributed by atoms with van der Waals surface area (Å²) in [6.45, 7) is 5.21. The molecule has 0 unspecified atom stereocenters. The van der Waals surface area contributed by atoms with Crippen molar-refractivity contribution in [2.24, 2.45) is 5.92 Å². The van der Waals surface area contributed by atoms with Gasteiger partial charge < -0.3 is 10.6 Å². The van der Waals surface area contributed by atoms with Gasteiger partial charge in [-0.1, -0.05) is 12.8 Å². The average molecular weight is 330 g/mol. The summed E-state index contributed by atoms with van der Waals surface area (Å²) in [4.78, 5) is 35.6. The molecule has 1 aromatic carbocycles. The SMILES string of the molecule is CC(=O)c1ccc(NC(=O)C[C@@H](C)NC(=O)C2CCCC2)cc1C. The quantitative estimate of drug-likeness (QED) is 0.786. The largest absolute Gasteiger partial charge is 0.353 e. The molecule has 2 amide bonds. The van der Waals surface area contributed by atoms with E-state index in [0.717, 1.165) is 31.2 Å². The van der Waals surface area contributed by atoms with Crippen LogP contribution in [0.25, 0.3) is 0 Å². The van der Waals surface area contributed by atoms with Crippen molar-refractivity contribution in [1.82, 2.24) is 5.32 Å². The molecule has 0 spiro atoms. The molecule has 1 aliphatic rings. The van der Waals surface area contributed by atoms with Gasteiger partial charge in [0.2, 0.25) is 11.8 Å². The Bertz CT molecular complexity index is 633. The van der Waals surface area contributed by atoms with Crippen molar-refractivity contribution in [3.63, 3.8) is 0 Å². The molecule has 2 N–H and O–H groups in total. The fraction of sp³-hybridized carbons (Fsp3) is 0.526.